The van der Waals surface area contributed by atoms with Gasteiger partial charge < -0.3 is 24.4 Å². The lowest BCUT2D eigenvalue weighted by Crippen LogP contribution is -2.44. The van der Waals surface area contributed by atoms with Crippen LogP contribution in [0.5, 0.6) is 23.0 Å². The second kappa shape index (κ2) is 12.5. The van der Waals surface area contributed by atoms with Gasteiger partial charge in [-0.15, -0.1) is 0 Å². The number of aryl methyl sites for hydroxylation is 1. The van der Waals surface area contributed by atoms with Gasteiger partial charge in [-0.1, -0.05) is 12.1 Å². The van der Waals surface area contributed by atoms with Crippen LogP contribution in [0.1, 0.15) is 27.0 Å². The molecule has 1 N–H and O–H groups in total. The molecular weight excluding hydrogens is 561 g/mol. The first-order chi connectivity index (χ1) is 20.5. The monoisotopic (exact) mass is 594 g/mol. The number of alkyl halides is 3. The van der Waals surface area contributed by atoms with Crippen LogP contribution in [-0.2, 0) is 12.7 Å². The number of piperazine rings is 1. The van der Waals surface area contributed by atoms with Gasteiger partial charge in [-0.25, -0.2) is 0 Å². The fourth-order valence-electron chi connectivity index (χ4n) is 5.01. The van der Waals surface area contributed by atoms with Crippen molar-refractivity contribution in [3.05, 3.63) is 83.0 Å². The third kappa shape index (κ3) is 6.84. The molecule has 8 nitrogen and oxygen atoms in total. The minimum absolute atomic E-state index is 0.0589. The van der Waals surface area contributed by atoms with Crippen molar-refractivity contribution >= 4 is 22.5 Å². The number of carbonyl (C=O) groups is 1. The highest BCUT2D eigenvalue weighted by Gasteiger charge is 2.34. The summed E-state index contributed by atoms with van der Waals surface area (Å²) >= 11 is 0. The van der Waals surface area contributed by atoms with E-state index in [-0.39, 0.29) is 23.4 Å². The normalized spacial score (nSPS) is 14.5. The predicted molar refractivity (Wildman–Crippen MR) is 158 cm³/mol. The van der Waals surface area contributed by atoms with Crippen LogP contribution in [0.4, 0.5) is 18.9 Å². The number of ether oxygens (including phenoxy) is 3. The highest BCUT2D eigenvalue weighted by atomic mass is 19.4. The van der Waals surface area contributed by atoms with E-state index in [0.717, 1.165) is 24.7 Å². The minimum Gasteiger partial charge on any atom is -0.493 e. The van der Waals surface area contributed by atoms with Crippen molar-refractivity contribution in [1.82, 2.24) is 14.8 Å². The average Bonchev–Trinajstić information content (AvgIpc) is 2.99. The molecule has 0 bridgehead atoms. The Hall–Kier alpha value is -4.35. The number of benzene rings is 3. The number of rotatable bonds is 8. The highest BCUT2D eigenvalue weighted by Crippen LogP contribution is 2.38. The summed E-state index contributed by atoms with van der Waals surface area (Å²) < 4.78 is 59.1. The van der Waals surface area contributed by atoms with Crippen LogP contribution < -0.4 is 19.5 Å². The Labute approximate surface area is 248 Å². The molecule has 1 amide bonds. The Balaban J connectivity index is 1.37. The third-order valence-corrected chi connectivity index (χ3v) is 7.54. The lowest BCUT2D eigenvalue weighted by molar-refractivity contribution is -0.138. The fraction of sp³-hybridized carbons (Fsp3) is 0.312. The third-order valence-electron chi connectivity index (χ3n) is 7.54. The standard InChI is InChI=1S/C32H33F3N4O4/c1-20-5-6-21(15-28(20)43-27-9-10-36-26-18-30(42-4)29(41-3)17-24(26)27)31(40)37-23-8-7-22(25(16-23)32(33,34)35)19-39-13-11-38(2)12-14-39/h5-10,15-18H,11-14,19H2,1-4H3,(H,37,40). The molecule has 1 fully saturated rings. The number of carbonyl (C=O) groups excluding carboxylic acids is 1. The number of halogens is 3. The van der Waals surface area contributed by atoms with E-state index in [0.29, 0.717) is 47.0 Å². The number of nitrogens with zero attached hydrogens (tertiary/aromatic N) is 3. The molecule has 1 saturated heterocycles. The van der Waals surface area contributed by atoms with Crippen molar-refractivity contribution in [3.63, 3.8) is 0 Å². The molecule has 0 radical (unpaired) electrons. The Morgan fingerprint density at radius 1 is 0.907 bits per heavy atom. The molecule has 0 atom stereocenters. The van der Waals surface area contributed by atoms with Crippen LogP contribution in [0, 0.1) is 6.92 Å². The maximum atomic E-state index is 14.0. The van der Waals surface area contributed by atoms with Crippen molar-refractivity contribution in [2.45, 2.75) is 19.6 Å². The maximum Gasteiger partial charge on any atom is 0.416 e. The number of amides is 1. The van der Waals surface area contributed by atoms with E-state index in [1.54, 1.807) is 42.6 Å². The van der Waals surface area contributed by atoms with Gasteiger partial charge in [0.25, 0.3) is 5.91 Å². The lowest BCUT2D eigenvalue weighted by Gasteiger charge is -2.33. The number of hydrogen-bond acceptors (Lipinski definition) is 7. The summed E-state index contributed by atoms with van der Waals surface area (Å²) in [6.45, 7) is 5.02. The smallest absolute Gasteiger partial charge is 0.416 e. The molecule has 0 spiro atoms. The molecule has 1 aliphatic heterocycles. The molecule has 1 aromatic heterocycles. The van der Waals surface area contributed by atoms with E-state index < -0.39 is 17.6 Å². The Kier molecular flexibility index (Phi) is 8.74. The number of anilines is 1. The van der Waals surface area contributed by atoms with Crippen LogP contribution >= 0.6 is 0 Å². The first kappa shape index (κ1) is 30.1. The number of methoxy groups -OCH3 is 2. The summed E-state index contributed by atoms with van der Waals surface area (Å²) in [6, 6.07) is 14.0. The van der Waals surface area contributed by atoms with Crippen LogP contribution in [0.3, 0.4) is 0 Å². The van der Waals surface area contributed by atoms with Gasteiger partial charge >= 0.3 is 6.18 Å². The zero-order valence-electron chi connectivity index (χ0n) is 24.4. The molecule has 5 rings (SSSR count). The van der Waals surface area contributed by atoms with Crippen molar-refractivity contribution < 1.29 is 32.2 Å². The lowest BCUT2D eigenvalue weighted by atomic mass is 10.0. The molecule has 0 saturated carbocycles. The molecular formula is C32H33F3N4O4. The largest absolute Gasteiger partial charge is 0.493 e. The first-order valence-electron chi connectivity index (χ1n) is 13.8. The van der Waals surface area contributed by atoms with Gasteiger partial charge in [0.05, 0.1) is 25.3 Å². The zero-order valence-corrected chi connectivity index (χ0v) is 24.4. The molecule has 226 valence electrons. The highest BCUT2D eigenvalue weighted by molar-refractivity contribution is 6.04. The second-order valence-corrected chi connectivity index (χ2v) is 10.5. The summed E-state index contributed by atoms with van der Waals surface area (Å²) in [4.78, 5) is 21.7. The van der Waals surface area contributed by atoms with E-state index in [2.05, 4.69) is 15.2 Å². The number of likely N-dealkylation sites (N-methyl/N-ethyl adjacent to an activating group) is 1. The zero-order chi connectivity index (χ0) is 30.7. The quantitative estimate of drug-likeness (QED) is 0.254. The van der Waals surface area contributed by atoms with Crippen LogP contribution in [-0.4, -0.2) is 68.1 Å². The SMILES string of the molecule is COc1cc2nccc(Oc3cc(C(=O)Nc4ccc(CN5CCN(C)CC5)c(C(F)(F)F)c4)ccc3C)c2cc1OC. The second-order valence-electron chi connectivity index (χ2n) is 10.5. The Bertz CT molecular complexity index is 1640. The minimum atomic E-state index is -4.56. The topological polar surface area (TPSA) is 76.2 Å². The molecule has 2 heterocycles. The molecule has 43 heavy (non-hydrogen) atoms. The van der Waals surface area contributed by atoms with Crippen LogP contribution in [0.25, 0.3) is 10.9 Å². The van der Waals surface area contributed by atoms with Gasteiger partial charge in [-0.2, -0.15) is 13.2 Å². The summed E-state index contributed by atoms with van der Waals surface area (Å²) in [5.74, 6) is 1.36. The summed E-state index contributed by atoms with van der Waals surface area (Å²) in [7, 11) is 5.07. The summed E-state index contributed by atoms with van der Waals surface area (Å²) in [6.07, 6.45) is -2.96. The van der Waals surface area contributed by atoms with Gasteiger partial charge in [-0.05, 0) is 61.5 Å². The van der Waals surface area contributed by atoms with E-state index >= 15 is 0 Å². The first-order valence-corrected chi connectivity index (χ1v) is 13.8. The average molecular weight is 595 g/mol. The van der Waals surface area contributed by atoms with Crippen molar-refractivity contribution in [2.75, 3.05) is 52.8 Å². The molecule has 0 unspecified atom stereocenters. The van der Waals surface area contributed by atoms with Crippen LogP contribution in [0.2, 0.25) is 0 Å². The summed E-state index contributed by atoms with van der Waals surface area (Å²) in [5.41, 5.74) is 1.10. The van der Waals surface area contributed by atoms with Gasteiger partial charge in [0, 0.05) is 61.6 Å². The number of aromatic nitrogens is 1. The molecule has 0 aliphatic carbocycles. The van der Waals surface area contributed by atoms with E-state index in [4.69, 9.17) is 14.2 Å². The van der Waals surface area contributed by atoms with Crippen LogP contribution in [0.15, 0.2) is 60.8 Å². The molecule has 11 heteroatoms. The van der Waals surface area contributed by atoms with E-state index in [9.17, 15) is 18.0 Å². The summed E-state index contributed by atoms with van der Waals surface area (Å²) in [5, 5.41) is 3.29. The number of pyridine rings is 1. The number of fused-ring (bicyclic) bond motifs is 1. The predicted octanol–water partition coefficient (Wildman–Crippen LogP) is 6.37. The van der Waals surface area contributed by atoms with E-state index in [1.807, 2.05) is 18.9 Å². The number of hydrogen-bond donors (Lipinski definition) is 1. The maximum absolute atomic E-state index is 14.0. The van der Waals surface area contributed by atoms with Crippen molar-refractivity contribution in [1.29, 1.82) is 0 Å². The Morgan fingerprint density at radius 3 is 2.33 bits per heavy atom. The van der Waals surface area contributed by atoms with Gasteiger partial charge in [0.2, 0.25) is 0 Å². The molecule has 3 aromatic carbocycles. The van der Waals surface area contributed by atoms with Gasteiger partial charge in [-0.3, -0.25) is 14.7 Å². The van der Waals surface area contributed by atoms with Gasteiger partial charge in [0.15, 0.2) is 11.5 Å². The van der Waals surface area contributed by atoms with Gasteiger partial charge in [0.1, 0.15) is 11.5 Å². The fourth-order valence-corrected chi connectivity index (χ4v) is 5.01. The van der Waals surface area contributed by atoms with Crippen molar-refractivity contribution in [3.8, 4) is 23.0 Å². The van der Waals surface area contributed by atoms with Crippen molar-refractivity contribution in [2.24, 2.45) is 0 Å². The molecule has 4 aromatic rings. The number of nitrogens with one attached hydrogen (secondary N) is 1. The Morgan fingerprint density at radius 2 is 1.63 bits per heavy atom. The van der Waals surface area contributed by atoms with E-state index in [1.165, 1.54) is 26.4 Å². The molecule has 1 aliphatic rings.